The average Bonchev–Trinajstić information content (AvgIpc) is 2.79. The van der Waals surface area contributed by atoms with E-state index in [1.165, 1.54) is 6.21 Å². The smallest absolute Gasteiger partial charge is 0.272 e. The van der Waals surface area contributed by atoms with Crippen molar-refractivity contribution >= 4 is 44.0 Å². The van der Waals surface area contributed by atoms with Crippen molar-refractivity contribution in [3.63, 3.8) is 0 Å². The Kier molecular flexibility index (Phi) is 8.42. The summed E-state index contributed by atoms with van der Waals surface area (Å²) < 4.78 is 13.1. The molecule has 0 heterocycles. The predicted octanol–water partition coefficient (Wildman–Crippen LogP) is 5.82. The van der Waals surface area contributed by atoms with E-state index in [0.717, 1.165) is 11.1 Å². The Bertz CT molecular complexity index is 1170. The molecule has 0 unspecified atom stereocenters. The second-order valence-corrected chi connectivity index (χ2v) is 8.25. The van der Waals surface area contributed by atoms with Crippen LogP contribution in [0.3, 0.4) is 0 Å². The van der Waals surface area contributed by atoms with Crippen LogP contribution in [0.2, 0.25) is 0 Å². The molecule has 1 N–H and O–H groups in total. The molecular formula is C24H19Br2N3O3. The van der Waals surface area contributed by atoms with Gasteiger partial charge in [0.1, 0.15) is 6.61 Å². The highest BCUT2D eigenvalue weighted by Gasteiger charge is 2.13. The van der Waals surface area contributed by atoms with E-state index in [1.54, 1.807) is 36.4 Å². The lowest BCUT2D eigenvalue weighted by Crippen LogP contribution is -2.18. The molecular weight excluding hydrogens is 538 g/mol. The van der Waals surface area contributed by atoms with E-state index in [9.17, 15) is 4.79 Å². The Morgan fingerprint density at radius 1 is 1.09 bits per heavy atom. The van der Waals surface area contributed by atoms with Crippen molar-refractivity contribution in [1.82, 2.24) is 5.43 Å². The van der Waals surface area contributed by atoms with Crippen LogP contribution in [-0.4, -0.2) is 18.7 Å². The van der Waals surface area contributed by atoms with Crippen LogP contribution >= 0.6 is 31.9 Å². The number of halogens is 2. The molecule has 0 aliphatic rings. The van der Waals surface area contributed by atoms with Gasteiger partial charge >= 0.3 is 0 Å². The van der Waals surface area contributed by atoms with E-state index in [2.05, 4.69) is 48.5 Å². The number of hydrazone groups is 1. The molecule has 0 aliphatic heterocycles. The van der Waals surface area contributed by atoms with Crippen LogP contribution < -0.4 is 14.9 Å². The third-order valence-corrected chi connectivity index (χ3v) is 5.58. The molecule has 32 heavy (non-hydrogen) atoms. The Morgan fingerprint density at radius 2 is 1.84 bits per heavy atom. The largest absolute Gasteiger partial charge is 0.490 e. The second-order valence-electron chi connectivity index (χ2n) is 6.54. The Labute approximate surface area is 203 Å². The number of nitrogens with one attached hydrogen (secondary N) is 1. The van der Waals surface area contributed by atoms with E-state index in [4.69, 9.17) is 14.7 Å². The molecule has 0 aromatic heterocycles. The first-order chi connectivity index (χ1) is 15.5. The standard InChI is InChI=1S/C24H19Br2N3O3/c1-2-31-22-12-18(14-28-29-24(30)19-5-3-4-6-20(19)25)11-21(26)23(22)32-15-17-9-7-16(13-27)8-10-17/h3-12,14H,2,15H2,1H3,(H,29,30)/b28-14-. The molecule has 0 saturated heterocycles. The summed E-state index contributed by atoms with van der Waals surface area (Å²) in [6, 6.07) is 20.0. The third-order valence-electron chi connectivity index (χ3n) is 4.30. The SMILES string of the molecule is CCOc1cc(/C=N\NC(=O)c2ccccc2Br)cc(Br)c1OCc1ccc(C#N)cc1. The van der Waals surface area contributed by atoms with Gasteiger partial charge in [0, 0.05) is 4.47 Å². The number of nitriles is 1. The highest BCUT2D eigenvalue weighted by Crippen LogP contribution is 2.37. The van der Waals surface area contributed by atoms with Gasteiger partial charge in [-0.05, 0) is 86.3 Å². The maximum absolute atomic E-state index is 12.3. The lowest BCUT2D eigenvalue weighted by atomic mass is 10.1. The Morgan fingerprint density at radius 3 is 2.53 bits per heavy atom. The van der Waals surface area contributed by atoms with Crippen LogP contribution in [0.4, 0.5) is 0 Å². The minimum Gasteiger partial charge on any atom is -0.490 e. The molecule has 6 nitrogen and oxygen atoms in total. The second kappa shape index (κ2) is 11.5. The van der Waals surface area contributed by atoms with Gasteiger partial charge in [-0.1, -0.05) is 24.3 Å². The molecule has 0 bridgehead atoms. The molecule has 162 valence electrons. The van der Waals surface area contributed by atoms with Crippen molar-refractivity contribution in [2.45, 2.75) is 13.5 Å². The number of hydrogen-bond donors (Lipinski definition) is 1. The quantitative estimate of drug-likeness (QED) is 0.280. The lowest BCUT2D eigenvalue weighted by molar-refractivity contribution is 0.0954. The molecule has 0 fully saturated rings. The van der Waals surface area contributed by atoms with Crippen molar-refractivity contribution in [2.75, 3.05) is 6.61 Å². The van der Waals surface area contributed by atoms with Crippen LogP contribution in [0.1, 0.15) is 34.0 Å². The number of carbonyl (C=O) groups is 1. The van der Waals surface area contributed by atoms with E-state index in [0.29, 0.717) is 44.8 Å². The molecule has 0 atom stereocenters. The number of amides is 1. The zero-order chi connectivity index (χ0) is 22.9. The van der Waals surface area contributed by atoms with Crippen molar-refractivity contribution in [3.8, 4) is 17.6 Å². The molecule has 3 rings (SSSR count). The fraction of sp³-hybridized carbons (Fsp3) is 0.125. The molecule has 3 aromatic rings. The summed E-state index contributed by atoms with van der Waals surface area (Å²) in [6.07, 6.45) is 1.53. The molecule has 1 amide bonds. The third kappa shape index (κ3) is 6.19. The molecule has 0 radical (unpaired) electrons. The fourth-order valence-electron chi connectivity index (χ4n) is 2.77. The van der Waals surface area contributed by atoms with Crippen LogP contribution in [0.5, 0.6) is 11.5 Å². The van der Waals surface area contributed by atoms with E-state index in [-0.39, 0.29) is 5.91 Å². The van der Waals surface area contributed by atoms with Crippen LogP contribution in [0, 0.1) is 11.3 Å². The lowest BCUT2D eigenvalue weighted by Gasteiger charge is -2.14. The Hall–Kier alpha value is -3.15. The first kappa shape index (κ1) is 23.5. The van der Waals surface area contributed by atoms with Gasteiger partial charge in [-0.3, -0.25) is 4.79 Å². The van der Waals surface area contributed by atoms with Crippen LogP contribution in [0.15, 0.2) is 74.7 Å². The molecule has 3 aromatic carbocycles. The molecule has 0 aliphatic carbocycles. The highest BCUT2D eigenvalue weighted by molar-refractivity contribution is 9.10. The number of hydrogen-bond acceptors (Lipinski definition) is 5. The van der Waals surface area contributed by atoms with Crippen molar-refractivity contribution < 1.29 is 14.3 Å². The van der Waals surface area contributed by atoms with Crippen LogP contribution in [-0.2, 0) is 6.61 Å². The van der Waals surface area contributed by atoms with E-state index >= 15 is 0 Å². The number of ether oxygens (including phenoxy) is 2. The van der Waals surface area contributed by atoms with Gasteiger partial charge in [-0.15, -0.1) is 0 Å². The van der Waals surface area contributed by atoms with Crippen molar-refractivity contribution in [2.24, 2.45) is 5.10 Å². The van der Waals surface area contributed by atoms with E-state index in [1.807, 2.05) is 31.2 Å². The predicted molar refractivity (Wildman–Crippen MR) is 130 cm³/mol. The first-order valence-corrected chi connectivity index (χ1v) is 11.3. The van der Waals surface area contributed by atoms with Crippen LogP contribution in [0.25, 0.3) is 0 Å². The summed E-state index contributed by atoms with van der Waals surface area (Å²) >= 11 is 6.88. The van der Waals surface area contributed by atoms with Gasteiger partial charge in [0.05, 0.1) is 34.5 Å². The minimum absolute atomic E-state index is 0.319. The van der Waals surface area contributed by atoms with Gasteiger partial charge in [0.15, 0.2) is 11.5 Å². The maximum atomic E-state index is 12.3. The minimum atomic E-state index is -0.319. The van der Waals surface area contributed by atoms with Crippen molar-refractivity contribution in [1.29, 1.82) is 5.26 Å². The maximum Gasteiger partial charge on any atom is 0.272 e. The zero-order valence-electron chi connectivity index (χ0n) is 17.1. The van der Waals surface area contributed by atoms with Crippen molar-refractivity contribution in [3.05, 3.63) is 91.9 Å². The monoisotopic (exact) mass is 555 g/mol. The molecule has 0 spiro atoms. The number of nitrogens with zero attached hydrogens (tertiary/aromatic N) is 2. The number of rotatable bonds is 8. The summed E-state index contributed by atoms with van der Waals surface area (Å²) in [6.45, 7) is 2.66. The van der Waals surface area contributed by atoms with Gasteiger partial charge in [-0.25, -0.2) is 5.43 Å². The summed E-state index contributed by atoms with van der Waals surface area (Å²) in [5, 5.41) is 13.0. The Balaban J connectivity index is 1.72. The highest BCUT2D eigenvalue weighted by atomic mass is 79.9. The summed E-state index contributed by atoms with van der Waals surface area (Å²) in [5.74, 6) is 0.792. The van der Waals surface area contributed by atoms with Gasteiger partial charge in [0.2, 0.25) is 0 Å². The summed E-state index contributed by atoms with van der Waals surface area (Å²) in [4.78, 5) is 12.3. The molecule has 8 heteroatoms. The van der Waals surface area contributed by atoms with E-state index < -0.39 is 0 Å². The summed E-state index contributed by atoms with van der Waals surface area (Å²) in [5.41, 5.74) is 5.26. The number of carbonyl (C=O) groups excluding carboxylic acids is 1. The topological polar surface area (TPSA) is 83.7 Å². The number of benzene rings is 3. The summed E-state index contributed by atoms with van der Waals surface area (Å²) in [7, 11) is 0. The first-order valence-electron chi connectivity index (χ1n) is 9.68. The van der Waals surface area contributed by atoms with Gasteiger partial charge in [-0.2, -0.15) is 10.4 Å². The van der Waals surface area contributed by atoms with Gasteiger partial charge < -0.3 is 9.47 Å². The zero-order valence-corrected chi connectivity index (χ0v) is 20.3. The normalized spacial score (nSPS) is 10.6. The fourth-order valence-corrected chi connectivity index (χ4v) is 3.81. The molecule has 0 saturated carbocycles. The van der Waals surface area contributed by atoms with Gasteiger partial charge in [0.25, 0.3) is 5.91 Å². The average molecular weight is 557 g/mol.